The van der Waals surface area contributed by atoms with Crippen LogP contribution in [-0.2, 0) is 16.6 Å². The first-order chi connectivity index (χ1) is 17.0. The van der Waals surface area contributed by atoms with Crippen molar-refractivity contribution < 1.29 is 14.0 Å². The van der Waals surface area contributed by atoms with Crippen LogP contribution in [0.25, 0.3) is 0 Å². The molecule has 1 atom stereocenters. The lowest BCUT2D eigenvalue weighted by Gasteiger charge is -2.38. The predicted molar refractivity (Wildman–Crippen MR) is 144 cm³/mol. The third-order valence-corrected chi connectivity index (χ3v) is 7.65. The van der Waals surface area contributed by atoms with Crippen LogP contribution in [0.1, 0.15) is 72.6 Å². The van der Waals surface area contributed by atoms with Gasteiger partial charge in [-0.25, -0.2) is 4.39 Å². The van der Waals surface area contributed by atoms with E-state index in [1.807, 2.05) is 18.7 Å². The minimum atomic E-state index is -0.462. The van der Waals surface area contributed by atoms with Gasteiger partial charge in [0.15, 0.2) is 0 Å². The maximum Gasteiger partial charge on any atom is 0.254 e. The molecule has 2 aromatic carbocycles. The Kier molecular flexibility index (Phi) is 7.65. The molecule has 2 amide bonds. The summed E-state index contributed by atoms with van der Waals surface area (Å²) in [5, 5.41) is 2.09. The standard InChI is InChI=1S/C30H35FN2O2S/c1-20(2)18-32(29(35)22-7-6-8-24(31)17-22)19-27(34)33-15-13-26-25(14-16-36-26)28(33)21-9-11-23(12-10-21)30(3,4)5/h6-12,14,16-17,20,28H,13,15,18-19H2,1-5H3. The zero-order valence-corrected chi connectivity index (χ0v) is 22.6. The van der Waals surface area contributed by atoms with Crippen molar-refractivity contribution in [3.63, 3.8) is 0 Å². The van der Waals surface area contributed by atoms with Gasteiger partial charge in [-0.05, 0) is 64.1 Å². The van der Waals surface area contributed by atoms with E-state index in [9.17, 15) is 14.0 Å². The number of benzene rings is 2. The van der Waals surface area contributed by atoms with E-state index >= 15 is 0 Å². The first-order valence-electron chi connectivity index (χ1n) is 12.6. The summed E-state index contributed by atoms with van der Waals surface area (Å²) in [5.41, 5.74) is 3.78. The van der Waals surface area contributed by atoms with Gasteiger partial charge in [-0.1, -0.05) is 65.0 Å². The Bertz CT molecular complexity index is 1230. The van der Waals surface area contributed by atoms with Crippen molar-refractivity contribution in [2.24, 2.45) is 5.92 Å². The highest BCUT2D eigenvalue weighted by atomic mass is 32.1. The SMILES string of the molecule is CC(C)CN(CC(=O)N1CCc2sccc2C1c1ccc(C(C)(C)C)cc1)C(=O)c1cccc(F)c1. The number of carbonyl (C=O) groups is 2. The van der Waals surface area contributed by atoms with Crippen LogP contribution >= 0.6 is 11.3 Å². The second-order valence-electron chi connectivity index (χ2n) is 11.0. The molecule has 0 aliphatic carbocycles. The van der Waals surface area contributed by atoms with Gasteiger partial charge in [-0.2, -0.15) is 0 Å². The molecule has 1 aliphatic heterocycles. The molecule has 0 fully saturated rings. The largest absolute Gasteiger partial charge is 0.330 e. The van der Waals surface area contributed by atoms with Gasteiger partial charge in [0.25, 0.3) is 5.91 Å². The molecule has 0 saturated carbocycles. The highest BCUT2D eigenvalue weighted by molar-refractivity contribution is 7.10. The van der Waals surface area contributed by atoms with Gasteiger partial charge < -0.3 is 9.80 Å². The smallest absolute Gasteiger partial charge is 0.254 e. The molecular formula is C30H35FN2O2S. The molecule has 0 spiro atoms. The number of hydrogen-bond acceptors (Lipinski definition) is 3. The predicted octanol–water partition coefficient (Wildman–Crippen LogP) is 6.46. The zero-order valence-electron chi connectivity index (χ0n) is 21.8. The molecule has 1 aliphatic rings. The Hall–Kier alpha value is -2.99. The summed E-state index contributed by atoms with van der Waals surface area (Å²) in [7, 11) is 0. The quantitative estimate of drug-likeness (QED) is 0.385. The van der Waals surface area contributed by atoms with Crippen molar-refractivity contribution in [1.82, 2.24) is 9.80 Å². The molecule has 0 radical (unpaired) electrons. The first kappa shape index (κ1) is 26.1. The Morgan fingerprint density at radius 1 is 1.11 bits per heavy atom. The third-order valence-electron chi connectivity index (χ3n) is 6.65. The molecule has 0 N–H and O–H groups in total. The monoisotopic (exact) mass is 506 g/mol. The fourth-order valence-corrected chi connectivity index (χ4v) is 5.73. The summed E-state index contributed by atoms with van der Waals surface area (Å²) in [6.07, 6.45) is 0.803. The van der Waals surface area contributed by atoms with Crippen LogP contribution in [0.15, 0.2) is 60.0 Å². The normalized spacial score (nSPS) is 15.6. The van der Waals surface area contributed by atoms with E-state index in [2.05, 4.69) is 56.5 Å². The van der Waals surface area contributed by atoms with Crippen LogP contribution in [0.4, 0.5) is 4.39 Å². The minimum absolute atomic E-state index is 0.0381. The molecule has 3 aromatic rings. The van der Waals surface area contributed by atoms with E-state index in [1.165, 1.54) is 28.6 Å². The van der Waals surface area contributed by atoms with Crippen LogP contribution in [0.5, 0.6) is 0 Å². The number of nitrogens with zero attached hydrogens (tertiary/aromatic N) is 2. The molecule has 190 valence electrons. The van der Waals surface area contributed by atoms with Gasteiger partial charge in [-0.3, -0.25) is 9.59 Å². The first-order valence-corrected chi connectivity index (χ1v) is 13.4. The van der Waals surface area contributed by atoms with Crippen molar-refractivity contribution in [2.75, 3.05) is 19.6 Å². The summed E-state index contributed by atoms with van der Waals surface area (Å²) >= 11 is 1.73. The van der Waals surface area contributed by atoms with Gasteiger partial charge in [0.2, 0.25) is 5.91 Å². The van der Waals surface area contributed by atoms with Crippen molar-refractivity contribution in [3.05, 3.63) is 92.9 Å². The van der Waals surface area contributed by atoms with E-state index in [0.717, 1.165) is 17.5 Å². The number of rotatable bonds is 6. The Labute approximate surface area is 217 Å². The number of fused-ring (bicyclic) bond motifs is 1. The van der Waals surface area contributed by atoms with Crippen molar-refractivity contribution in [2.45, 2.75) is 52.5 Å². The number of thiophene rings is 1. The molecule has 0 bridgehead atoms. The topological polar surface area (TPSA) is 40.6 Å². The molecule has 4 rings (SSSR count). The van der Waals surface area contributed by atoms with Crippen LogP contribution in [0.2, 0.25) is 0 Å². The molecular weight excluding hydrogens is 471 g/mol. The summed E-state index contributed by atoms with van der Waals surface area (Å²) in [6, 6.07) is 16.2. The van der Waals surface area contributed by atoms with Gasteiger partial charge in [0, 0.05) is 23.5 Å². The van der Waals surface area contributed by atoms with E-state index in [-0.39, 0.29) is 41.3 Å². The van der Waals surface area contributed by atoms with E-state index in [0.29, 0.717) is 13.1 Å². The maximum atomic E-state index is 13.8. The van der Waals surface area contributed by atoms with Crippen LogP contribution in [0.3, 0.4) is 0 Å². The average molecular weight is 507 g/mol. The molecule has 6 heteroatoms. The van der Waals surface area contributed by atoms with E-state index in [1.54, 1.807) is 22.3 Å². The van der Waals surface area contributed by atoms with E-state index in [4.69, 9.17) is 0 Å². The van der Waals surface area contributed by atoms with Gasteiger partial charge in [0.05, 0.1) is 6.04 Å². The molecule has 36 heavy (non-hydrogen) atoms. The second-order valence-corrected chi connectivity index (χ2v) is 12.0. The van der Waals surface area contributed by atoms with Gasteiger partial charge in [-0.15, -0.1) is 11.3 Å². The summed E-state index contributed by atoms with van der Waals surface area (Å²) in [6.45, 7) is 11.6. The summed E-state index contributed by atoms with van der Waals surface area (Å²) < 4.78 is 13.8. The Morgan fingerprint density at radius 3 is 2.47 bits per heavy atom. The highest BCUT2D eigenvalue weighted by Crippen LogP contribution is 2.38. The molecule has 0 saturated heterocycles. The number of hydrogen-bond donors (Lipinski definition) is 0. The van der Waals surface area contributed by atoms with Crippen molar-refractivity contribution >= 4 is 23.2 Å². The Balaban J connectivity index is 1.63. The van der Waals surface area contributed by atoms with Crippen LogP contribution in [-0.4, -0.2) is 41.2 Å². The average Bonchev–Trinajstić information content (AvgIpc) is 3.30. The summed E-state index contributed by atoms with van der Waals surface area (Å²) in [4.78, 5) is 31.9. The van der Waals surface area contributed by atoms with Gasteiger partial charge >= 0.3 is 0 Å². The summed E-state index contributed by atoms with van der Waals surface area (Å²) in [5.74, 6) is -0.713. The fraction of sp³-hybridized carbons (Fsp3) is 0.400. The second kappa shape index (κ2) is 10.6. The maximum absolute atomic E-state index is 13.8. The fourth-order valence-electron chi connectivity index (χ4n) is 4.83. The molecule has 1 unspecified atom stereocenters. The number of amides is 2. The minimum Gasteiger partial charge on any atom is -0.330 e. The van der Waals surface area contributed by atoms with Crippen molar-refractivity contribution in [1.29, 1.82) is 0 Å². The zero-order chi connectivity index (χ0) is 26.0. The van der Waals surface area contributed by atoms with Gasteiger partial charge in [0.1, 0.15) is 12.4 Å². The Morgan fingerprint density at radius 2 is 1.83 bits per heavy atom. The lowest BCUT2D eigenvalue weighted by Crippen LogP contribution is -2.47. The number of halogens is 1. The van der Waals surface area contributed by atoms with Crippen LogP contribution in [0, 0.1) is 11.7 Å². The van der Waals surface area contributed by atoms with Crippen molar-refractivity contribution in [3.8, 4) is 0 Å². The number of carbonyl (C=O) groups excluding carboxylic acids is 2. The molecule has 4 nitrogen and oxygen atoms in total. The molecule has 1 aromatic heterocycles. The highest BCUT2D eigenvalue weighted by Gasteiger charge is 2.34. The third kappa shape index (κ3) is 5.70. The van der Waals surface area contributed by atoms with E-state index < -0.39 is 5.82 Å². The molecule has 2 heterocycles. The van der Waals surface area contributed by atoms with Crippen LogP contribution < -0.4 is 0 Å². The lowest BCUT2D eigenvalue weighted by molar-refractivity contribution is -0.134. The lowest BCUT2D eigenvalue weighted by atomic mass is 9.85.